The summed E-state index contributed by atoms with van der Waals surface area (Å²) in [7, 11) is 1.63. The molecule has 0 spiro atoms. The average molecular weight is 690 g/mol. The number of amides is 1. The van der Waals surface area contributed by atoms with Gasteiger partial charge in [0.15, 0.2) is 5.82 Å². The highest BCUT2D eigenvalue weighted by Crippen LogP contribution is 2.44. The van der Waals surface area contributed by atoms with Crippen LogP contribution in [0.5, 0.6) is 5.88 Å². The van der Waals surface area contributed by atoms with Crippen LogP contribution in [0.25, 0.3) is 33.3 Å². The minimum atomic E-state index is -0.240. The van der Waals surface area contributed by atoms with Gasteiger partial charge >= 0.3 is 0 Å². The molecule has 0 radical (unpaired) electrons. The van der Waals surface area contributed by atoms with Gasteiger partial charge in [-0.2, -0.15) is 0 Å². The lowest BCUT2D eigenvalue weighted by Gasteiger charge is -2.21. The van der Waals surface area contributed by atoms with E-state index >= 15 is 0 Å². The van der Waals surface area contributed by atoms with E-state index in [-0.39, 0.29) is 18.1 Å². The van der Waals surface area contributed by atoms with E-state index in [9.17, 15) is 9.90 Å². The van der Waals surface area contributed by atoms with Crippen molar-refractivity contribution in [3.8, 4) is 28.3 Å². The number of aromatic nitrogens is 3. The highest BCUT2D eigenvalue weighted by Gasteiger charge is 2.28. The molecule has 6 heterocycles. The molecule has 3 aliphatic heterocycles. The number of benzene rings is 2. The molecule has 8 rings (SSSR count). The van der Waals surface area contributed by atoms with Crippen LogP contribution < -0.4 is 20.3 Å². The van der Waals surface area contributed by atoms with Gasteiger partial charge in [-0.3, -0.25) is 14.7 Å². The molecule has 10 nitrogen and oxygen atoms in total. The van der Waals surface area contributed by atoms with E-state index in [1.807, 2.05) is 42.7 Å². The smallest absolute Gasteiger partial charge is 0.220 e. The Kier molecular flexibility index (Phi) is 9.09. The number of hydrogen-bond acceptors (Lipinski definition) is 9. The van der Waals surface area contributed by atoms with Crippen LogP contribution in [0, 0.1) is 0 Å². The monoisotopic (exact) mass is 689 g/mol. The second kappa shape index (κ2) is 14.0. The van der Waals surface area contributed by atoms with Crippen LogP contribution in [-0.2, 0) is 24.3 Å². The zero-order chi connectivity index (χ0) is 34.2. The van der Waals surface area contributed by atoms with Crippen molar-refractivity contribution in [3.05, 3.63) is 94.8 Å². The van der Waals surface area contributed by atoms with Gasteiger partial charge in [0.1, 0.15) is 5.52 Å². The molecule has 1 amide bonds. The maximum Gasteiger partial charge on any atom is 0.220 e. The Hall–Kier alpha value is -4.61. The standard InChI is InChI=1S/C39H40ClN7O3/c1-50-39-26(20-41-21-27-9-11-35(49)44-27)8-10-33(45-39)32-6-2-5-31(36(32)40)29-4-3-7-34-30(29)14-17-47(34)38-37-25(12-15-42-38)18-24(19-43-37)22-46-16-13-28(48)23-46/h2-8,10,12,15,18-19,27-28,41,48H,9,11,13-14,16-17,20-23H2,1H3,(H,44,49). The lowest BCUT2D eigenvalue weighted by molar-refractivity contribution is -0.119. The molecule has 2 atom stereocenters. The Balaban J connectivity index is 1.05. The van der Waals surface area contributed by atoms with E-state index in [0.29, 0.717) is 37.0 Å². The van der Waals surface area contributed by atoms with Crippen LogP contribution in [0.15, 0.2) is 73.1 Å². The largest absolute Gasteiger partial charge is 0.481 e. The van der Waals surface area contributed by atoms with Crippen molar-refractivity contribution in [2.75, 3.05) is 38.2 Å². The molecule has 2 saturated heterocycles. The van der Waals surface area contributed by atoms with Crippen molar-refractivity contribution < 1.29 is 14.6 Å². The van der Waals surface area contributed by atoms with Crippen molar-refractivity contribution in [1.82, 2.24) is 30.5 Å². The number of halogens is 1. The van der Waals surface area contributed by atoms with Gasteiger partial charge in [0, 0.05) is 91.9 Å². The lowest BCUT2D eigenvalue weighted by atomic mass is 9.95. The quantitative estimate of drug-likeness (QED) is 0.171. The third-order valence-corrected chi connectivity index (χ3v) is 10.5. The summed E-state index contributed by atoms with van der Waals surface area (Å²) >= 11 is 7.22. The molecule has 0 bridgehead atoms. The summed E-state index contributed by atoms with van der Waals surface area (Å²) in [6.07, 6.45) is 6.67. The van der Waals surface area contributed by atoms with Crippen molar-refractivity contribution in [2.45, 2.75) is 50.9 Å². The topological polar surface area (TPSA) is 116 Å². The van der Waals surface area contributed by atoms with E-state index in [1.54, 1.807) is 7.11 Å². The van der Waals surface area contributed by atoms with E-state index in [0.717, 1.165) is 94.8 Å². The Morgan fingerprint density at radius 2 is 1.88 bits per heavy atom. The van der Waals surface area contributed by atoms with E-state index in [4.69, 9.17) is 31.3 Å². The molecular weight excluding hydrogens is 650 g/mol. The Morgan fingerprint density at radius 3 is 2.70 bits per heavy atom. The van der Waals surface area contributed by atoms with Gasteiger partial charge in [-0.05, 0) is 60.2 Å². The molecule has 256 valence electrons. The molecule has 2 aromatic carbocycles. The predicted octanol–water partition coefficient (Wildman–Crippen LogP) is 5.65. The Morgan fingerprint density at radius 1 is 1.02 bits per heavy atom. The fourth-order valence-electron chi connectivity index (χ4n) is 7.58. The number of hydrogen-bond donors (Lipinski definition) is 3. The van der Waals surface area contributed by atoms with Crippen molar-refractivity contribution >= 4 is 39.9 Å². The summed E-state index contributed by atoms with van der Waals surface area (Å²) in [5.74, 6) is 1.50. The van der Waals surface area contributed by atoms with Crippen LogP contribution in [0.3, 0.4) is 0 Å². The normalized spacial score (nSPS) is 18.9. The summed E-state index contributed by atoms with van der Waals surface area (Å²) in [6.45, 7) is 4.45. The first-order chi connectivity index (χ1) is 24.4. The van der Waals surface area contributed by atoms with E-state index in [2.05, 4.69) is 50.8 Å². The number of pyridine rings is 3. The maximum absolute atomic E-state index is 11.5. The summed E-state index contributed by atoms with van der Waals surface area (Å²) in [5, 5.41) is 18.1. The van der Waals surface area contributed by atoms with Crippen LogP contribution in [0.1, 0.15) is 36.0 Å². The van der Waals surface area contributed by atoms with Gasteiger partial charge in [0.2, 0.25) is 11.8 Å². The molecule has 5 aromatic rings. The molecule has 0 saturated carbocycles. The number of methoxy groups -OCH3 is 1. The van der Waals surface area contributed by atoms with Gasteiger partial charge in [-0.15, -0.1) is 0 Å². The third-order valence-electron chi connectivity index (χ3n) is 10.1. The van der Waals surface area contributed by atoms with Crippen molar-refractivity contribution in [1.29, 1.82) is 0 Å². The van der Waals surface area contributed by atoms with Crippen molar-refractivity contribution in [2.24, 2.45) is 0 Å². The number of carbonyl (C=O) groups excluding carboxylic acids is 1. The first kappa shape index (κ1) is 32.6. The number of nitrogens with zero attached hydrogens (tertiary/aromatic N) is 5. The minimum Gasteiger partial charge on any atom is -0.481 e. The molecule has 3 N–H and O–H groups in total. The fourth-order valence-corrected chi connectivity index (χ4v) is 7.90. The number of fused-ring (bicyclic) bond motifs is 2. The van der Waals surface area contributed by atoms with E-state index < -0.39 is 0 Å². The van der Waals surface area contributed by atoms with Gasteiger partial charge in [-0.1, -0.05) is 48.0 Å². The second-order valence-electron chi connectivity index (χ2n) is 13.4. The molecule has 0 aliphatic carbocycles. The highest BCUT2D eigenvalue weighted by atomic mass is 35.5. The predicted molar refractivity (Wildman–Crippen MR) is 196 cm³/mol. The third kappa shape index (κ3) is 6.40. The lowest BCUT2D eigenvalue weighted by Crippen LogP contribution is -2.35. The van der Waals surface area contributed by atoms with E-state index in [1.165, 1.54) is 5.56 Å². The summed E-state index contributed by atoms with van der Waals surface area (Å²) in [5.41, 5.74) is 8.89. The molecular formula is C39H40ClN7O3. The number of ether oxygens (including phenoxy) is 1. The second-order valence-corrected chi connectivity index (χ2v) is 13.8. The van der Waals surface area contributed by atoms with Crippen LogP contribution in [0.2, 0.25) is 5.02 Å². The molecule has 2 fully saturated rings. The van der Waals surface area contributed by atoms with Crippen LogP contribution in [-0.4, -0.2) is 76.3 Å². The number of nitrogens with one attached hydrogen (secondary N) is 2. The number of anilines is 2. The molecule has 3 aliphatic rings. The maximum atomic E-state index is 11.5. The van der Waals surface area contributed by atoms with Gasteiger partial charge in [0.25, 0.3) is 0 Å². The molecule has 2 unspecified atom stereocenters. The number of aliphatic hydroxyl groups excluding tert-OH is 1. The van der Waals surface area contributed by atoms with Crippen LogP contribution >= 0.6 is 11.6 Å². The Bertz CT molecular complexity index is 2070. The summed E-state index contributed by atoms with van der Waals surface area (Å²) in [4.78, 5) is 30.7. The Labute approximate surface area is 296 Å². The minimum absolute atomic E-state index is 0.113. The van der Waals surface area contributed by atoms with Crippen molar-refractivity contribution in [3.63, 3.8) is 0 Å². The highest BCUT2D eigenvalue weighted by molar-refractivity contribution is 6.36. The first-order valence-corrected chi connectivity index (χ1v) is 17.7. The molecule has 50 heavy (non-hydrogen) atoms. The molecule has 11 heteroatoms. The number of rotatable bonds is 10. The fraction of sp³-hybridized carbons (Fsp3) is 0.333. The number of β-amino-alcohol motifs (C(OH)–C–C–N with tert-alkyl or cyclic N) is 1. The van der Waals surface area contributed by atoms with Crippen LogP contribution in [0.4, 0.5) is 11.5 Å². The van der Waals surface area contributed by atoms with Gasteiger partial charge < -0.3 is 25.4 Å². The number of likely N-dealkylation sites (tertiary alicyclic amines) is 1. The summed E-state index contributed by atoms with van der Waals surface area (Å²) in [6, 6.07) is 20.8. The van der Waals surface area contributed by atoms with Gasteiger partial charge in [0.05, 0.1) is 23.9 Å². The number of carbonyl (C=O) groups is 1. The van der Waals surface area contributed by atoms with Gasteiger partial charge in [-0.25, -0.2) is 9.97 Å². The number of aliphatic hydroxyl groups is 1. The zero-order valence-electron chi connectivity index (χ0n) is 28.0. The molecule has 3 aromatic heterocycles. The average Bonchev–Trinajstić information content (AvgIpc) is 3.87. The first-order valence-electron chi connectivity index (χ1n) is 17.3. The zero-order valence-corrected chi connectivity index (χ0v) is 28.8. The summed E-state index contributed by atoms with van der Waals surface area (Å²) < 4.78 is 5.69. The SMILES string of the molecule is COc1nc(-c2cccc(-c3cccc4c3CCN4c3nccc4cc(CN5CCC(O)C5)cnc34)c2Cl)ccc1CNCC1CCC(=O)N1.